The molecule has 0 bridgehead atoms. The lowest BCUT2D eigenvalue weighted by Gasteiger charge is -2.35. The second kappa shape index (κ2) is 5.96. The Hall–Kier alpha value is -2.48. The van der Waals surface area contributed by atoms with Crippen LogP contribution in [0.3, 0.4) is 0 Å². The number of nitrogens with zero attached hydrogens (tertiary/aromatic N) is 5. The summed E-state index contributed by atoms with van der Waals surface area (Å²) in [5.74, 6) is 1.05. The summed E-state index contributed by atoms with van der Waals surface area (Å²) < 4.78 is 5.88. The standard InChI is InChI=1S/C15H15N5O2S/c21-13(9-11-1-7-22-18-11)19-3-5-20(6-4-19)15-14-12(2-8-23-14)16-10-17-15/h1-2,7-8,10H,3-6,9H2. The molecule has 0 aliphatic carbocycles. The third-order valence-electron chi connectivity index (χ3n) is 3.98. The fourth-order valence-electron chi connectivity index (χ4n) is 2.76. The predicted molar refractivity (Wildman–Crippen MR) is 86.4 cm³/mol. The molecule has 1 saturated heterocycles. The SMILES string of the molecule is O=C(Cc1ccon1)N1CCN(c2ncnc3ccsc23)CC1. The number of anilines is 1. The number of thiophene rings is 1. The molecule has 0 aromatic carbocycles. The van der Waals surface area contributed by atoms with Gasteiger partial charge in [0.2, 0.25) is 5.91 Å². The van der Waals surface area contributed by atoms with Crippen molar-refractivity contribution in [2.45, 2.75) is 6.42 Å². The fraction of sp³-hybridized carbons (Fsp3) is 0.333. The highest BCUT2D eigenvalue weighted by Crippen LogP contribution is 2.28. The van der Waals surface area contributed by atoms with Crippen molar-refractivity contribution in [3.63, 3.8) is 0 Å². The Kier molecular flexibility index (Phi) is 3.66. The van der Waals surface area contributed by atoms with E-state index in [0.29, 0.717) is 25.2 Å². The van der Waals surface area contributed by atoms with Crippen molar-refractivity contribution in [1.82, 2.24) is 20.0 Å². The third-order valence-corrected chi connectivity index (χ3v) is 4.88. The molecule has 1 aliphatic heterocycles. The van der Waals surface area contributed by atoms with Gasteiger partial charge in [0, 0.05) is 32.2 Å². The van der Waals surface area contributed by atoms with Crippen LogP contribution in [0.25, 0.3) is 10.2 Å². The minimum absolute atomic E-state index is 0.0857. The third kappa shape index (κ3) is 2.77. The van der Waals surface area contributed by atoms with Crippen LogP contribution < -0.4 is 4.90 Å². The molecule has 8 heteroatoms. The Bertz CT molecular complexity index is 808. The van der Waals surface area contributed by atoms with Crippen LogP contribution in [0.1, 0.15) is 5.69 Å². The molecular formula is C15H15N5O2S. The van der Waals surface area contributed by atoms with Crippen LogP contribution in [0.15, 0.2) is 34.6 Å². The van der Waals surface area contributed by atoms with Gasteiger partial charge in [0.1, 0.15) is 18.4 Å². The Balaban J connectivity index is 1.43. The molecule has 118 valence electrons. The maximum atomic E-state index is 12.3. The van der Waals surface area contributed by atoms with Gasteiger partial charge >= 0.3 is 0 Å². The van der Waals surface area contributed by atoms with Crippen LogP contribution in [0.5, 0.6) is 0 Å². The van der Waals surface area contributed by atoms with Gasteiger partial charge in [0.05, 0.1) is 22.3 Å². The molecule has 1 fully saturated rings. The van der Waals surface area contributed by atoms with Gasteiger partial charge in [-0.05, 0) is 11.4 Å². The van der Waals surface area contributed by atoms with Crippen LogP contribution in [-0.2, 0) is 11.2 Å². The molecular weight excluding hydrogens is 314 g/mol. The number of hydrogen-bond donors (Lipinski definition) is 0. The van der Waals surface area contributed by atoms with Crippen LogP contribution in [-0.4, -0.2) is 52.1 Å². The Morgan fingerprint density at radius 3 is 2.87 bits per heavy atom. The van der Waals surface area contributed by atoms with Crippen molar-refractivity contribution in [1.29, 1.82) is 0 Å². The van der Waals surface area contributed by atoms with Gasteiger partial charge in [-0.25, -0.2) is 9.97 Å². The van der Waals surface area contributed by atoms with E-state index in [1.165, 1.54) is 6.26 Å². The van der Waals surface area contributed by atoms with Crippen LogP contribution in [0.4, 0.5) is 5.82 Å². The molecule has 3 aromatic heterocycles. The van der Waals surface area contributed by atoms with Gasteiger partial charge in [0.15, 0.2) is 0 Å². The molecule has 23 heavy (non-hydrogen) atoms. The van der Waals surface area contributed by atoms with Crippen LogP contribution in [0.2, 0.25) is 0 Å². The topological polar surface area (TPSA) is 75.4 Å². The van der Waals surface area contributed by atoms with Crippen molar-refractivity contribution in [2.75, 3.05) is 31.1 Å². The average molecular weight is 329 g/mol. The summed E-state index contributed by atoms with van der Waals surface area (Å²) in [6.07, 6.45) is 3.38. The molecule has 0 radical (unpaired) electrons. The normalized spacial score (nSPS) is 15.3. The second-order valence-electron chi connectivity index (χ2n) is 5.37. The quantitative estimate of drug-likeness (QED) is 0.726. The first-order chi connectivity index (χ1) is 11.3. The summed E-state index contributed by atoms with van der Waals surface area (Å²) in [4.78, 5) is 25.1. The van der Waals surface area contributed by atoms with Gasteiger partial charge in [0.25, 0.3) is 0 Å². The number of piperazine rings is 1. The van der Waals surface area contributed by atoms with E-state index in [0.717, 1.165) is 29.1 Å². The van der Waals surface area contributed by atoms with Crippen molar-refractivity contribution in [3.8, 4) is 0 Å². The zero-order chi connectivity index (χ0) is 15.6. The first-order valence-corrected chi connectivity index (χ1v) is 8.29. The van der Waals surface area contributed by atoms with Crippen molar-refractivity contribution >= 4 is 33.3 Å². The number of fused-ring (bicyclic) bond motifs is 1. The first kappa shape index (κ1) is 14.1. The van der Waals surface area contributed by atoms with E-state index in [4.69, 9.17) is 4.52 Å². The van der Waals surface area contributed by atoms with Gasteiger partial charge < -0.3 is 14.3 Å². The largest absolute Gasteiger partial charge is 0.364 e. The van der Waals surface area contributed by atoms with Crippen molar-refractivity contribution in [2.24, 2.45) is 0 Å². The molecule has 0 unspecified atom stereocenters. The summed E-state index contributed by atoms with van der Waals surface area (Å²) in [6, 6.07) is 3.73. The molecule has 1 amide bonds. The highest BCUT2D eigenvalue weighted by Gasteiger charge is 2.23. The maximum Gasteiger partial charge on any atom is 0.228 e. The lowest BCUT2D eigenvalue weighted by atomic mass is 10.2. The molecule has 0 spiro atoms. The summed E-state index contributed by atoms with van der Waals surface area (Å²) in [6.45, 7) is 2.92. The Morgan fingerprint density at radius 1 is 1.22 bits per heavy atom. The molecule has 0 N–H and O–H groups in total. The van der Waals surface area contributed by atoms with Crippen molar-refractivity contribution < 1.29 is 9.32 Å². The van der Waals surface area contributed by atoms with Crippen molar-refractivity contribution in [3.05, 3.63) is 35.8 Å². The number of aromatic nitrogens is 3. The van der Waals surface area contributed by atoms with Gasteiger partial charge in [-0.15, -0.1) is 11.3 Å². The van der Waals surface area contributed by atoms with Crippen LogP contribution in [0, 0.1) is 0 Å². The second-order valence-corrected chi connectivity index (χ2v) is 6.28. The van der Waals surface area contributed by atoms with E-state index in [-0.39, 0.29) is 5.91 Å². The molecule has 4 rings (SSSR count). The zero-order valence-electron chi connectivity index (χ0n) is 12.4. The summed E-state index contributed by atoms with van der Waals surface area (Å²) in [5, 5.41) is 5.82. The Morgan fingerprint density at radius 2 is 2.09 bits per heavy atom. The van der Waals surface area contributed by atoms with E-state index in [2.05, 4.69) is 20.0 Å². The number of carbonyl (C=O) groups excluding carboxylic acids is 1. The summed E-state index contributed by atoms with van der Waals surface area (Å²) >= 11 is 1.65. The lowest BCUT2D eigenvalue weighted by molar-refractivity contribution is -0.130. The lowest BCUT2D eigenvalue weighted by Crippen LogP contribution is -2.49. The van der Waals surface area contributed by atoms with Gasteiger partial charge in [-0.2, -0.15) is 0 Å². The Labute approximate surface area is 136 Å². The maximum absolute atomic E-state index is 12.3. The molecule has 1 aliphatic rings. The summed E-state index contributed by atoms with van der Waals surface area (Å²) in [5.41, 5.74) is 1.65. The molecule has 7 nitrogen and oxygen atoms in total. The first-order valence-electron chi connectivity index (χ1n) is 7.41. The molecule has 0 atom stereocenters. The van der Waals surface area contributed by atoms with E-state index < -0.39 is 0 Å². The van der Waals surface area contributed by atoms with Gasteiger partial charge in [-0.1, -0.05) is 5.16 Å². The highest BCUT2D eigenvalue weighted by molar-refractivity contribution is 7.17. The van der Waals surface area contributed by atoms with E-state index >= 15 is 0 Å². The minimum Gasteiger partial charge on any atom is -0.364 e. The molecule has 0 saturated carbocycles. The minimum atomic E-state index is 0.0857. The van der Waals surface area contributed by atoms with Gasteiger partial charge in [-0.3, -0.25) is 4.79 Å². The number of hydrogen-bond acceptors (Lipinski definition) is 7. The molecule has 3 aromatic rings. The highest BCUT2D eigenvalue weighted by atomic mass is 32.1. The monoisotopic (exact) mass is 329 g/mol. The number of amides is 1. The molecule has 4 heterocycles. The van der Waals surface area contributed by atoms with E-state index in [9.17, 15) is 4.79 Å². The van der Waals surface area contributed by atoms with E-state index in [1.54, 1.807) is 23.7 Å². The summed E-state index contributed by atoms with van der Waals surface area (Å²) in [7, 11) is 0. The number of carbonyl (C=O) groups is 1. The zero-order valence-corrected chi connectivity index (χ0v) is 13.2. The average Bonchev–Trinajstić information content (AvgIpc) is 3.25. The smallest absolute Gasteiger partial charge is 0.228 e. The number of rotatable bonds is 3. The predicted octanol–water partition coefficient (Wildman–Crippen LogP) is 1.57. The fourth-order valence-corrected chi connectivity index (χ4v) is 3.63. The van der Waals surface area contributed by atoms with E-state index in [1.807, 2.05) is 16.3 Å². The van der Waals surface area contributed by atoms with Crippen LogP contribution >= 0.6 is 11.3 Å².